The number of carbonyl (C=O) groups excluding carboxylic acids is 1. The molecule has 1 fully saturated rings. The van der Waals surface area contributed by atoms with Gasteiger partial charge in [-0.15, -0.1) is 0 Å². The molecule has 1 amide bonds. The van der Waals surface area contributed by atoms with Gasteiger partial charge in [0.1, 0.15) is 0 Å². The van der Waals surface area contributed by atoms with Gasteiger partial charge in [0.05, 0.1) is 5.56 Å². The first kappa shape index (κ1) is 17.0. The number of carbonyl (C=O) groups is 1. The van der Waals surface area contributed by atoms with E-state index in [0.717, 1.165) is 15.5 Å². The molecule has 1 aliphatic rings. The summed E-state index contributed by atoms with van der Waals surface area (Å²) >= 11 is 6.81. The first-order valence-corrected chi connectivity index (χ1v) is 9.22. The molecule has 0 atom stereocenters. The Morgan fingerprint density at radius 1 is 1.10 bits per heavy atom. The molecular weight excluding hydrogens is 396 g/mol. The summed E-state index contributed by atoms with van der Waals surface area (Å²) in [5, 5.41) is 6.53. The summed E-state index contributed by atoms with van der Waals surface area (Å²) in [5.41, 5.74) is 0.666. The van der Waals surface area contributed by atoms with Gasteiger partial charge in [0, 0.05) is 28.1 Å². The van der Waals surface area contributed by atoms with Crippen molar-refractivity contribution in [1.82, 2.24) is 10.6 Å². The third-order valence-corrected chi connectivity index (χ3v) is 5.06. The highest BCUT2D eigenvalue weighted by Crippen LogP contribution is 2.21. The average Bonchev–Trinajstić information content (AvgIpc) is 2.74. The van der Waals surface area contributed by atoms with Crippen molar-refractivity contribution < 1.29 is 4.79 Å². The van der Waals surface area contributed by atoms with Gasteiger partial charge in [0.2, 0.25) is 0 Å². The fraction of sp³-hybridized carbons (Fsp3) is 0.562. The SMILES string of the molecule is O=C(NCCNC1CCCCCC1)c1cc(Br)ccc1Br. The third kappa shape index (κ3) is 5.72. The van der Waals surface area contributed by atoms with Gasteiger partial charge >= 0.3 is 0 Å². The van der Waals surface area contributed by atoms with Crippen molar-refractivity contribution in [3.8, 4) is 0 Å². The maximum atomic E-state index is 12.1. The Kier molecular flexibility index (Phi) is 7.20. The molecule has 21 heavy (non-hydrogen) atoms. The molecule has 1 saturated carbocycles. The monoisotopic (exact) mass is 416 g/mol. The van der Waals surface area contributed by atoms with Crippen LogP contribution >= 0.6 is 31.9 Å². The molecule has 1 aromatic rings. The van der Waals surface area contributed by atoms with Crippen LogP contribution in [0.3, 0.4) is 0 Å². The second-order valence-electron chi connectivity index (χ2n) is 5.52. The van der Waals surface area contributed by atoms with Crippen molar-refractivity contribution in [2.24, 2.45) is 0 Å². The molecule has 0 radical (unpaired) electrons. The van der Waals surface area contributed by atoms with Crippen LogP contribution in [0.1, 0.15) is 48.9 Å². The Labute approximate surface area is 143 Å². The number of nitrogens with one attached hydrogen (secondary N) is 2. The van der Waals surface area contributed by atoms with Gasteiger partial charge in [-0.3, -0.25) is 4.79 Å². The molecule has 0 spiro atoms. The molecule has 0 aliphatic heterocycles. The van der Waals surface area contributed by atoms with E-state index in [9.17, 15) is 4.79 Å². The van der Waals surface area contributed by atoms with E-state index in [0.29, 0.717) is 18.2 Å². The Morgan fingerprint density at radius 3 is 2.52 bits per heavy atom. The van der Waals surface area contributed by atoms with Crippen molar-refractivity contribution in [3.05, 3.63) is 32.7 Å². The minimum atomic E-state index is -0.0363. The standard InChI is InChI=1S/C16H22Br2N2O/c17-12-7-8-15(18)14(11-12)16(21)20-10-9-19-13-5-3-1-2-4-6-13/h7-8,11,13,19H,1-6,9-10H2,(H,20,21). The zero-order valence-electron chi connectivity index (χ0n) is 12.1. The van der Waals surface area contributed by atoms with E-state index in [2.05, 4.69) is 42.5 Å². The van der Waals surface area contributed by atoms with Gasteiger partial charge in [0.25, 0.3) is 5.91 Å². The van der Waals surface area contributed by atoms with Crippen LogP contribution in [-0.2, 0) is 0 Å². The summed E-state index contributed by atoms with van der Waals surface area (Å²) in [6.07, 6.45) is 7.93. The van der Waals surface area contributed by atoms with Gasteiger partial charge in [-0.25, -0.2) is 0 Å². The highest BCUT2D eigenvalue weighted by molar-refractivity contribution is 9.11. The minimum Gasteiger partial charge on any atom is -0.351 e. The summed E-state index contributed by atoms with van der Waals surface area (Å²) in [5.74, 6) is -0.0363. The fourth-order valence-electron chi connectivity index (χ4n) is 2.70. The van der Waals surface area contributed by atoms with Crippen LogP contribution in [0.2, 0.25) is 0 Å². The Bertz CT molecular complexity index is 471. The zero-order chi connectivity index (χ0) is 15.1. The molecule has 0 saturated heterocycles. The molecule has 2 N–H and O–H groups in total. The van der Waals surface area contributed by atoms with Gasteiger partial charge < -0.3 is 10.6 Å². The molecule has 5 heteroatoms. The lowest BCUT2D eigenvalue weighted by Crippen LogP contribution is -2.37. The number of benzene rings is 1. The maximum absolute atomic E-state index is 12.1. The topological polar surface area (TPSA) is 41.1 Å². The van der Waals surface area contributed by atoms with E-state index >= 15 is 0 Å². The molecule has 0 bridgehead atoms. The first-order valence-electron chi connectivity index (χ1n) is 7.63. The molecule has 0 unspecified atom stereocenters. The van der Waals surface area contributed by atoms with Crippen LogP contribution in [0, 0.1) is 0 Å². The molecule has 3 nitrogen and oxygen atoms in total. The largest absolute Gasteiger partial charge is 0.351 e. The minimum absolute atomic E-state index is 0.0363. The van der Waals surface area contributed by atoms with Gasteiger partial charge in [-0.2, -0.15) is 0 Å². The van der Waals surface area contributed by atoms with Gasteiger partial charge in [0.15, 0.2) is 0 Å². The van der Waals surface area contributed by atoms with Gasteiger partial charge in [-0.05, 0) is 47.0 Å². The molecule has 0 heterocycles. The number of amides is 1. The quantitative estimate of drug-likeness (QED) is 0.555. The van der Waals surface area contributed by atoms with Crippen molar-refractivity contribution in [1.29, 1.82) is 0 Å². The molecule has 1 aliphatic carbocycles. The number of hydrogen-bond acceptors (Lipinski definition) is 2. The third-order valence-electron chi connectivity index (χ3n) is 3.87. The second-order valence-corrected chi connectivity index (χ2v) is 7.29. The Morgan fingerprint density at radius 2 is 1.81 bits per heavy atom. The van der Waals surface area contributed by atoms with Crippen molar-refractivity contribution in [3.63, 3.8) is 0 Å². The summed E-state index contributed by atoms with van der Waals surface area (Å²) in [6, 6.07) is 6.25. The highest BCUT2D eigenvalue weighted by Gasteiger charge is 2.12. The number of hydrogen-bond donors (Lipinski definition) is 2. The van der Waals surface area contributed by atoms with Crippen LogP contribution in [0.4, 0.5) is 0 Å². The zero-order valence-corrected chi connectivity index (χ0v) is 15.3. The Hall–Kier alpha value is -0.390. The lowest BCUT2D eigenvalue weighted by Gasteiger charge is -2.16. The normalized spacial score (nSPS) is 16.5. The number of rotatable bonds is 5. The van der Waals surface area contributed by atoms with E-state index in [1.807, 2.05) is 18.2 Å². The summed E-state index contributed by atoms with van der Waals surface area (Å²) in [7, 11) is 0. The van der Waals surface area contributed by atoms with Crippen LogP contribution in [0.5, 0.6) is 0 Å². The van der Waals surface area contributed by atoms with E-state index in [1.165, 1.54) is 38.5 Å². The second kappa shape index (κ2) is 8.91. The van der Waals surface area contributed by atoms with E-state index in [4.69, 9.17) is 0 Å². The van der Waals surface area contributed by atoms with E-state index < -0.39 is 0 Å². The van der Waals surface area contributed by atoms with Crippen molar-refractivity contribution in [2.45, 2.75) is 44.6 Å². The smallest absolute Gasteiger partial charge is 0.252 e. The lowest BCUT2D eigenvalue weighted by atomic mass is 10.1. The van der Waals surface area contributed by atoms with E-state index in [-0.39, 0.29) is 5.91 Å². The average molecular weight is 418 g/mol. The van der Waals surface area contributed by atoms with Crippen molar-refractivity contribution >= 4 is 37.8 Å². The van der Waals surface area contributed by atoms with Crippen LogP contribution in [-0.4, -0.2) is 25.0 Å². The lowest BCUT2D eigenvalue weighted by molar-refractivity contribution is 0.0952. The molecule has 2 rings (SSSR count). The molecule has 1 aromatic carbocycles. The molecule has 0 aromatic heterocycles. The van der Waals surface area contributed by atoms with E-state index in [1.54, 1.807) is 0 Å². The molecule has 116 valence electrons. The fourth-order valence-corrected chi connectivity index (χ4v) is 3.49. The maximum Gasteiger partial charge on any atom is 0.252 e. The number of halogens is 2. The first-order chi connectivity index (χ1) is 10.2. The summed E-state index contributed by atoms with van der Waals surface area (Å²) < 4.78 is 1.73. The summed E-state index contributed by atoms with van der Waals surface area (Å²) in [6.45, 7) is 1.50. The summed E-state index contributed by atoms with van der Waals surface area (Å²) in [4.78, 5) is 12.1. The van der Waals surface area contributed by atoms with Crippen LogP contribution < -0.4 is 10.6 Å². The van der Waals surface area contributed by atoms with Crippen LogP contribution in [0.25, 0.3) is 0 Å². The molecular formula is C16H22Br2N2O. The van der Waals surface area contributed by atoms with Crippen molar-refractivity contribution in [2.75, 3.05) is 13.1 Å². The predicted molar refractivity (Wildman–Crippen MR) is 93.7 cm³/mol. The highest BCUT2D eigenvalue weighted by atomic mass is 79.9. The predicted octanol–water partition coefficient (Wildman–Crippen LogP) is 4.25. The van der Waals surface area contributed by atoms with Crippen LogP contribution in [0.15, 0.2) is 27.1 Å². The van der Waals surface area contributed by atoms with Gasteiger partial charge in [-0.1, -0.05) is 41.6 Å². The Balaban J connectivity index is 1.72.